The molecule has 0 aliphatic heterocycles. The summed E-state index contributed by atoms with van der Waals surface area (Å²) >= 11 is 0. The van der Waals surface area contributed by atoms with Crippen LogP contribution in [0.4, 0.5) is 8.78 Å². The zero-order valence-electron chi connectivity index (χ0n) is 24.7. The fourth-order valence-electron chi connectivity index (χ4n) is 5.20. The summed E-state index contributed by atoms with van der Waals surface area (Å²) in [5, 5.41) is 9.23. The van der Waals surface area contributed by atoms with Crippen LogP contribution in [-0.4, -0.2) is 34.0 Å². The molecule has 6 rings (SSSR count). The van der Waals surface area contributed by atoms with E-state index in [1.807, 2.05) is 37.3 Å². The van der Waals surface area contributed by atoms with E-state index in [9.17, 15) is 30.4 Å². The van der Waals surface area contributed by atoms with Crippen molar-refractivity contribution in [2.75, 3.05) is 6.26 Å². The molecule has 2 N–H and O–H groups in total. The van der Waals surface area contributed by atoms with Crippen molar-refractivity contribution in [2.45, 2.75) is 29.6 Å². The molecule has 0 saturated heterocycles. The molecule has 12 heteroatoms. The van der Waals surface area contributed by atoms with Gasteiger partial charge in [-0.25, -0.2) is 30.8 Å². The van der Waals surface area contributed by atoms with Gasteiger partial charge in [-0.05, 0) is 72.0 Å². The number of aromatic nitrogens is 1. The summed E-state index contributed by atoms with van der Waals surface area (Å²) in [7, 11) is -7.01. The molecule has 1 aliphatic rings. The van der Waals surface area contributed by atoms with Gasteiger partial charge in [0, 0.05) is 29.9 Å². The van der Waals surface area contributed by atoms with Crippen LogP contribution in [0.2, 0.25) is 0 Å². The lowest BCUT2D eigenvalue weighted by molar-refractivity contribution is -0.113. The van der Waals surface area contributed by atoms with Crippen LogP contribution in [0.15, 0.2) is 111 Å². The van der Waals surface area contributed by atoms with Gasteiger partial charge in [-0.15, -0.1) is 0 Å². The maximum atomic E-state index is 13.5. The first-order valence-corrected chi connectivity index (χ1v) is 17.3. The normalized spacial score (nSPS) is 13.5. The smallest absolute Gasteiger partial charge is 0.238 e. The molecule has 0 bridgehead atoms. The minimum atomic E-state index is -3.70. The number of nitrogens with zero attached hydrogens (tertiary/aromatic N) is 1. The first-order chi connectivity index (χ1) is 21.7. The average molecular weight is 663 g/mol. The molecule has 0 unspecified atom stereocenters. The first-order valence-electron chi connectivity index (χ1n) is 13.9. The van der Waals surface area contributed by atoms with Gasteiger partial charge in [0.1, 0.15) is 23.1 Å². The van der Waals surface area contributed by atoms with Crippen LogP contribution in [-0.2, 0) is 24.7 Å². The molecular formula is C34H28F2N2O6S2. The van der Waals surface area contributed by atoms with Gasteiger partial charge < -0.3 is 4.52 Å². The highest BCUT2D eigenvalue weighted by molar-refractivity contribution is 7.90. The molecule has 46 heavy (non-hydrogen) atoms. The van der Waals surface area contributed by atoms with E-state index in [2.05, 4.69) is 5.16 Å². The third kappa shape index (κ3) is 7.20. The Morgan fingerprint density at radius 1 is 0.717 bits per heavy atom. The van der Waals surface area contributed by atoms with E-state index in [1.54, 1.807) is 24.3 Å². The number of sulfone groups is 1. The van der Waals surface area contributed by atoms with Crippen LogP contribution in [0.25, 0.3) is 33.5 Å². The number of sulfonamides is 1. The number of primary sulfonamides is 1. The lowest BCUT2D eigenvalue weighted by Gasteiger charge is -2.09. The Morgan fingerprint density at radius 3 is 1.85 bits per heavy atom. The van der Waals surface area contributed by atoms with E-state index in [0.717, 1.165) is 46.8 Å². The molecule has 0 saturated carbocycles. The maximum absolute atomic E-state index is 13.5. The Morgan fingerprint density at radius 2 is 1.28 bits per heavy atom. The van der Waals surface area contributed by atoms with Crippen molar-refractivity contribution < 1.29 is 34.9 Å². The van der Waals surface area contributed by atoms with Crippen molar-refractivity contribution in [1.29, 1.82) is 0 Å². The number of carbonyl (C=O) groups excluding carboxylic acids is 1. The summed E-state index contributed by atoms with van der Waals surface area (Å²) in [6.45, 7) is 1.82. The topological polar surface area (TPSA) is 137 Å². The quantitative estimate of drug-likeness (QED) is 0.216. The number of allylic oxidation sites excluding steroid dienone is 2. The number of nitrogens with two attached hydrogens (primary N) is 1. The molecule has 0 spiro atoms. The number of carbonyl (C=O) groups is 1. The molecule has 236 valence electrons. The zero-order valence-corrected chi connectivity index (χ0v) is 26.3. The minimum Gasteiger partial charge on any atom is -0.360 e. The van der Waals surface area contributed by atoms with Gasteiger partial charge in [0.25, 0.3) is 0 Å². The third-order valence-electron chi connectivity index (χ3n) is 7.35. The minimum absolute atomic E-state index is 0.0756. The van der Waals surface area contributed by atoms with Crippen LogP contribution in [0.1, 0.15) is 29.7 Å². The molecule has 1 aliphatic carbocycles. The van der Waals surface area contributed by atoms with E-state index in [1.165, 1.54) is 24.3 Å². The van der Waals surface area contributed by atoms with E-state index >= 15 is 0 Å². The largest absolute Gasteiger partial charge is 0.360 e. The SMILES string of the molecule is CS(=O)(=O)c1ccc(C2=C(c3cc(F)cc(F)c3)C(=O)CC2)cc1.Cc1onc(-c2ccccc2)c1-c1ccc(S(N)(=O)=O)cc1. The molecule has 0 amide bonds. The monoisotopic (exact) mass is 662 g/mol. The fourth-order valence-corrected chi connectivity index (χ4v) is 6.34. The van der Waals surface area contributed by atoms with Gasteiger partial charge in [-0.2, -0.15) is 0 Å². The molecule has 1 heterocycles. The summed E-state index contributed by atoms with van der Waals surface area (Å²) in [4.78, 5) is 12.5. The summed E-state index contributed by atoms with van der Waals surface area (Å²) in [5.74, 6) is -1.00. The fraction of sp³-hybridized carbons (Fsp3) is 0.118. The molecule has 1 aromatic heterocycles. The summed E-state index contributed by atoms with van der Waals surface area (Å²) in [6.07, 6.45) is 1.82. The average Bonchev–Trinajstić information content (AvgIpc) is 3.59. The number of rotatable bonds is 6. The number of ketones is 1. The van der Waals surface area contributed by atoms with Gasteiger partial charge in [-0.1, -0.05) is 59.8 Å². The molecule has 4 aromatic carbocycles. The molecular weight excluding hydrogens is 635 g/mol. The Bertz CT molecular complexity index is 2160. The Hall–Kier alpha value is -4.78. The third-order valence-corrected chi connectivity index (χ3v) is 9.40. The number of halogens is 2. The summed E-state index contributed by atoms with van der Waals surface area (Å²) < 4.78 is 78.0. The number of hydrogen-bond donors (Lipinski definition) is 1. The highest BCUT2D eigenvalue weighted by atomic mass is 32.2. The van der Waals surface area contributed by atoms with Gasteiger partial charge in [0.2, 0.25) is 10.0 Å². The second kappa shape index (κ2) is 12.9. The van der Waals surface area contributed by atoms with E-state index in [4.69, 9.17) is 9.66 Å². The van der Waals surface area contributed by atoms with E-state index in [-0.39, 0.29) is 27.6 Å². The van der Waals surface area contributed by atoms with Gasteiger partial charge in [-0.3, -0.25) is 4.79 Å². The van der Waals surface area contributed by atoms with Crippen molar-refractivity contribution >= 4 is 36.8 Å². The van der Waals surface area contributed by atoms with Crippen molar-refractivity contribution in [2.24, 2.45) is 5.14 Å². The van der Waals surface area contributed by atoms with Crippen molar-refractivity contribution in [3.05, 3.63) is 126 Å². The maximum Gasteiger partial charge on any atom is 0.238 e. The highest BCUT2D eigenvalue weighted by Gasteiger charge is 2.26. The number of hydrogen-bond acceptors (Lipinski definition) is 7. The zero-order chi connectivity index (χ0) is 33.2. The molecule has 0 radical (unpaired) electrons. The van der Waals surface area contributed by atoms with Gasteiger partial charge >= 0.3 is 0 Å². The van der Waals surface area contributed by atoms with Crippen LogP contribution >= 0.6 is 0 Å². The number of aryl methyl sites for hydroxylation is 1. The number of benzene rings is 4. The van der Waals surface area contributed by atoms with Crippen molar-refractivity contribution in [1.82, 2.24) is 5.16 Å². The molecule has 5 aromatic rings. The molecule has 0 atom stereocenters. The summed E-state index contributed by atoms with van der Waals surface area (Å²) in [6, 6.07) is 25.2. The molecule has 0 fully saturated rings. The standard InChI is InChI=1S/C18H14F2O3S.C16H14N2O3S/c1-24(22,23)15-4-2-11(3-5-15)16-6-7-17(21)18(16)12-8-13(19)10-14(20)9-12;1-11-15(12-7-9-14(10-8-12)22(17,19)20)16(18-21-11)13-5-3-2-4-6-13/h2-5,8-10H,6-7H2,1H3;2-10H,1H3,(H2,17,19,20). The number of Topliss-reactive ketones (excluding diaryl/α,β-unsaturated/α-hetero) is 1. The second-order valence-corrected chi connectivity index (χ2v) is 14.2. The van der Waals surface area contributed by atoms with Crippen LogP contribution in [0.5, 0.6) is 0 Å². The Labute approximate surface area is 265 Å². The second-order valence-electron chi connectivity index (χ2n) is 10.6. The van der Waals surface area contributed by atoms with Crippen LogP contribution in [0, 0.1) is 18.6 Å². The molecule has 8 nitrogen and oxygen atoms in total. The predicted molar refractivity (Wildman–Crippen MR) is 170 cm³/mol. The Balaban J connectivity index is 0.000000182. The van der Waals surface area contributed by atoms with Crippen LogP contribution in [0.3, 0.4) is 0 Å². The van der Waals surface area contributed by atoms with Gasteiger partial charge in [0.05, 0.1) is 15.4 Å². The Kier molecular flexibility index (Phi) is 9.15. The lowest BCUT2D eigenvalue weighted by Crippen LogP contribution is -2.11. The first kappa shape index (κ1) is 32.6. The van der Waals surface area contributed by atoms with Crippen LogP contribution < -0.4 is 5.14 Å². The predicted octanol–water partition coefficient (Wildman–Crippen LogP) is 6.61. The van der Waals surface area contributed by atoms with Crippen molar-refractivity contribution in [3.63, 3.8) is 0 Å². The van der Waals surface area contributed by atoms with E-state index < -0.39 is 31.5 Å². The summed E-state index contributed by atoms with van der Waals surface area (Å²) in [5.41, 5.74) is 5.17. The van der Waals surface area contributed by atoms with Crippen molar-refractivity contribution in [3.8, 4) is 22.4 Å². The lowest BCUT2D eigenvalue weighted by atomic mass is 9.96. The van der Waals surface area contributed by atoms with Gasteiger partial charge in [0.15, 0.2) is 15.6 Å². The van der Waals surface area contributed by atoms with E-state index in [0.29, 0.717) is 28.9 Å². The highest BCUT2D eigenvalue weighted by Crippen LogP contribution is 2.38.